The zero-order valence-corrected chi connectivity index (χ0v) is 14.6. The summed E-state index contributed by atoms with van der Waals surface area (Å²) >= 11 is 0. The number of ether oxygens (including phenoxy) is 2. The Morgan fingerprint density at radius 2 is 1.69 bits per heavy atom. The molecule has 7 heteroatoms. The van der Waals surface area contributed by atoms with Crippen LogP contribution >= 0.6 is 0 Å². The molecule has 0 aliphatic rings. The highest BCUT2D eigenvalue weighted by Gasteiger charge is 2.16. The first-order valence-corrected chi connectivity index (χ1v) is 7.82. The molecule has 0 saturated heterocycles. The molecule has 0 saturated carbocycles. The fourth-order valence-corrected chi connectivity index (χ4v) is 2.80. The molecule has 26 heavy (non-hydrogen) atoms. The third kappa shape index (κ3) is 3.11. The average Bonchev–Trinajstić information content (AvgIpc) is 2.67. The first-order valence-electron chi connectivity index (χ1n) is 7.82. The average molecular weight is 355 g/mol. The van der Waals surface area contributed by atoms with Gasteiger partial charge in [-0.25, -0.2) is 4.98 Å². The molecule has 3 rings (SSSR count). The van der Waals surface area contributed by atoms with Crippen LogP contribution in [0.25, 0.3) is 22.0 Å². The number of phenols is 1. The molecule has 2 aromatic carbocycles. The van der Waals surface area contributed by atoms with Crippen molar-refractivity contribution >= 4 is 23.1 Å². The lowest BCUT2D eigenvalue weighted by Gasteiger charge is -2.16. The molecule has 0 fully saturated rings. The number of methoxy groups -OCH3 is 2. The van der Waals surface area contributed by atoms with E-state index in [2.05, 4.69) is 15.5 Å². The summed E-state index contributed by atoms with van der Waals surface area (Å²) in [5.74, 6) is 1.72. The summed E-state index contributed by atoms with van der Waals surface area (Å²) in [5, 5.41) is 14.7. The van der Waals surface area contributed by atoms with Crippen molar-refractivity contribution in [2.75, 3.05) is 19.6 Å². The Labute approximate surface area is 149 Å². The fourth-order valence-electron chi connectivity index (χ4n) is 2.80. The number of nitrogens with zero attached hydrogens (tertiary/aromatic N) is 2. The van der Waals surface area contributed by atoms with Crippen LogP contribution in [0.2, 0.25) is 0 Å². The minimum Gasteiger partial charge on any atom is -0.508 e. The number of nitrogens with one attached hydrogen (secondary N) is 1. The van der Waals surface area contributed by atoms with Crippen LogP contribution in [0.4, 0.5) is 10.2 Å². The van der Waals surface area contributed by atoms with Crippen LogP contribution in [0.1, 0.15) is 5.56 Å². The number of pyridine rings is 1. The van der Waals surface area contributed by atoms with Gasteiger partial charge in [0.2, 0.25) is 0 Å². The summed E-state index contributed by atoms with van der Waals surface area (Å²) < 4.78 is 23.2. The van der Waals surface area contributed by atoms with Gasteiger partial charge in [-0.05, 0) is 48.7 Å². The smallest absolute Gasteiger partial charge is 0.195 e. The molecule has 3 aromatic rings. The maximum absolute atomic E-state index is 12.4. The Morgan fingerprint density at radius 3 is 2.27 bits per heavy atom. The van der Waals surface area contributed by atoms with E-state index in [1.807, 2.05) is 19.1 Å². The van der Waals surface area contributed by atoms with Crippen LogP contribution in [0.15, 0.2) is 41.5 Å². The van der Waals surface area contributed by atoms with Crippen LogP contribution in [0, 0.1) is 6.92 Å². The maximum Gasteiger partial charge on any atom is 0.195 e. The predicted octanol–water partition coefficient (Wildman–Crippen LogP) is 4.26. The quantitative estimate of drug-likeness (QED) is 0.528. The summed E-state index contributed by atoms with van der Waals surface area (Å²) in [6, 6.07) is 10.4. The van der Waals surface area contributed by atoms with Crippen molar-refractivity contribution in [1.29, 1.82) is 0 Å². The van der Waals surface area contributed by atoms with Crippen molar-refractivity contribution < 1.29 is 19.0 Å². The van der Waals surface area contributed by atoms with Gasteiger partial charge in [-0.15, -0.1) is 0 Å². The molecule has 6 nitrogen and oxygen atoms in total. The van der Waals surface area contributed by atoms with Crippen LogP contribution < -0.4 is 14.9 Å². The van der Waals surface area contributed by atoms with E-state index in [1.165, 1.54) is 0 Å². The molecule has 0 atom stereocenters. The molecule has 0 spiro atoms. The van der Waals surface area contributed by atoms with Gasteiger partial charge >= 0.3 is 0 Å². The van der Waals surface area contributed by atoms with Gasteiger partial charge in [0, 0.05) is 16.5 Å². The van der Waals surface area contributed by atoms with Crippen molar-refractivity contribution in [2.24, 2.45) is 5.10 Å². The van der Waals surface area contributed by atoms with Gasteiger partial charge in [0.1, 0.15) is 5.75 Å². The van der Waals surface area contributed by atoms with Gasteiger partial charge < -0.3 is 14.6 Å². The molecule has 0 bridgehead atoms. The number of phenolic OH excluding ortho intramolecular Hbond substituents is 1. The number of rotatable bonds is 5. The van der Waals surface area contributed by atoms with Crippen molar-refractivity contribution in [1.82, 2.24) is 4.98 Å². The summed E-state index contributed by atoms with van der Waals surface area (Å²) in [6.45, 7) is 2.03. The highest BCUT2D eigenvalue weighted by Crippen LogP contribution is 2.39. The number of halogens is 1. The van der Waals surface area contributed by atoms with Crippen LogP contribution in [0.3, 0.4) is 0 Å². The van der Waals surface area contributed by atoms with E-state index >= 15 is 0 Å². The third-order valence-corrected chi connectivity index (χ3v) is 4.12. The lowest BCUT2D eigenvalue weighted by molar-refractivity contribution is 0.356. The largest absolute Gasteiger partial charge is 0.508 e. The summed E-state index contributed by atoms with van der Waals surface area (Å²) in [4.78, 5) is 4.60. The van der Waals surface area contributed by atoms with Crippen LogP contribution in [-0.4, -0.2) is 30.8 Å². The van der Waals surface area contributed by atoms with E-state index in [9.17, 15) is 9.50 Å². The van der Waals surface area contributed by atoms with Crippen molar-refractivity contribution in [3.8, 4) is 28.5 Å². The third-order valence-electron chi connectivity index (χ3n) is 4.12. The summed E-state index contributed by atoms with van der Waals surface area (Å²) in [5.41, 5.74) is 4.82. The summed E-state index contributed by atoms with van der Waals surface area (Å²) in [7, 11) is 3.13. The molecule has 1 heterocycles. The molecule has 0 aliphatic heterocycles. The number of aryl methyl sites for hydroxylation is 1. The fraction of sp³-hybridized carbons (Fsp3) is 0.158. The van der Waals surface area contributed by atoms with E-state index in [0.29, 0.717) is 23.0 Å². The van der Waals surface area contributed by atoms with E-state index in [1.54, 1.807) is 38.5 Å². The number of hydrogen-bond donors (Lipinski definition) is 2. The topological polar surface area (TPSA) is 76.0 Å². The second kappa shape index (κ2) is 7.26. The molecule has 0 amide bonds. The molecular formula is C19H18FN3O3. The Kier molecular flexibility index (Phi) is 4.88. The molecular weight excluding hydrogens is 337 g/mol. The number of fused-ring (bicyclic) bond motifs is 1. The van der Waals surface area contributed by atoms with Gasteiger partial charge in [-0.1, -0.05) is 0 Å². The lowest BCUT2D eigenvalue weighted by Crippen LogP contribution is -2.00. The van der Waals surface area contributed by atoms with Gasteiger partial charge in [-0.3, -0.25) is 5.43 Å². The Bertz CT molecular complexity index is 972. The highest BCUT2D eigenvalue weighted by molar-refractivity contribution is 6.00. The molecule has 0 aliphatic carbocycles. The number of benzene rings is 2. The number of aromatic hydroxyl groups is 1. The molecule has 0 unspecified atom stereocenters. The van der Waals surface area contributed by atoms with Gasteiger partial charge in [0.15, 0.2) is 23.8 Å². The van der Waals surface area contributed by atoms with Gasteiger partial charge in [-0.2, -0.15) is 9.49 Å². The monoisotopic (exact) mass is 355 g/mol. The molecule has 0 radical (unpaired) electrons. The standard InChI is InChI=1S/C19H18FN3O3/c1-11-14-8-16(25-2)17(26-3)9-15(14)18(22-19(11)23-21-10-20)12-4-6-13(24)7-5-12/h4-10,24H,1-3H3,(H,22,23)/b21-10+. The second-order valence-electron chi connectivity index (χ2n) is 5.57. The van der Waals surface area contributed by atoms with E-state index < -0.39 is 0 Å². The van der Waals surface area contributed by atoms with Gasteiger partial charge in [0.05, 0.1) is 19.9 Å². The van der Waals surface area contributed by atoms with Crippen molar-refractivity contribution in [3.63, 3.8) is 0 Å². The second-order valence-corrected chi connectivity index (χ2v) is 5.57. The van der Waals surface area contributed by atoms with E-state index in [-0.39, 0.29) is 12.2 Å². The number of hydrazone groups is 1. The lowest BCUT2D eigenvalue weighted by atomic mass is 9.99. The normalized spacial score (nSPS) is 11.1. The molecule has 134 valence electrons. The highest BCUT2D eigenvalue weighted by atomic mass is 19.1. The molecule has 2 N–H and O–H groups in total. The summed E-state index contributed by atoms with van der Waals surface area (Å²) in [6.07, 6.45) is 0. The van der Waals surface area contributed by atoms with E-state index in [0.717, 1.165) is 21.9 Å². The maximum atomic E-state index is 12.4. The van der Waals surface area contributed by atoms with E-state index in [4.69, 9.17) is 9.47 Å². The molecule has 1 aromatic heterocycles. The van der Waals surface area contributed by atoms with Gasteiger partial charge in [0.25, 0.3) is 0 Å². The number of hydrogen-bond acceptors (Lipinski definition) is 6. The van der Waals surface area contributed by atoms with Crippen LogP contribution in [-0.2, 0) is 0 Å². The minimum absolute atomic E-state index is 0.157. The number of anilines is 1. The minimum atomic E-state index is 0.157. The van der Waals surface area contributed by atoms with Crippen molar-refractivity contribution in [2.45, 2.75) is 6.92 Å². The zero-order chi connectivity index (χ0) is 18.7. The first-order chi connectivity index (χ1) is 12.6. The zero-order valence-electron chi connectivity index (χ0n) is 14.6. The SMILES string of the molecule is COc1cc2c(-c3ccc(O)cc3)nc(N/N=C/F)c(C)c2cc1OC. The first kappa shape index (κ1) is 17.5. The van der Waals surface area contributed by atoms with Crippen molar-refractivity contribution in [3.05, 3.63) is 42.0 Å². The number of aromatic nitrogens is 1. The van der Waals surface area contributed by atoms with Crippen LogP contribution in [0.5, 0.6) is 17.2 Å². The Balaban J connectivity index is 2.35. The Hall–Kier alpha value is -3.35. The predicted molar refractivity (Wildman–Crippen MR) is 99.9 cm³/mol. The Morgan fingerprint density at radius 1 is 1.08 bits per heavy atom.